The number of rotatable bonds is 1. The summed E-state index contributed by atoms with van der Waals surface area (Å²) >= 11 is 3.49. The van der Waals surface area contributed by atoms with Crippen molar-refractivity contribution in [2.24, 2.45) is 0 Å². The summed E-state index contributed by atoms with van der Waals surface area (Å²) < 4.78 is 1.12. The summed E-state index contributed by atoms with van der Waals surface area (Å²) in [6.45, 7) is 4.32. The number of halogens is 1. The lowest BCUT2D eigenvalue weighted by Gasteiger charge is -2.28. The number of nitrogens with zero attached hydrogens (tertiary/aromatic N) is 1. The van der Waals surface area contributed by atoms with Gasteiger partial charge in [0.15, 0.2) is 0 Å². The fraction of sp³-hybridized carbons (Fsp3) is 0.333. The molecule has 0 aliphatic carbocycles. The van der Waals surface area contributed by atoms with Gasteiger partial charge in [-0.1, -0.05) is 15.9 Å². The SMILES string of the molecule is Brc1ccc2c(N3CCNCC3)c[nH]c2c1. The standard InChI is InChI=1S/C12H14BrN3/c13-9-1-2-10-11(7-9)15-8-12(10)16-5-3-14-4-6-16/h1-2,7-8,14-15H,3-6H2. The smallest absolute Gasteiger partial charge is 0.0624 e. The molecule has 1 aromatic carbocycles. The number of aromatic nitrogens is 1. The average molecular weight is 280 g/mol. The fourth-order valence-electron chi connectivity index (χ4n) is 2.25. The zero-order chi connectivity index (χ0) is 11.0. The molecule has 2 heterocycles. The number of nitrogens with one attached hydrogen (secondary N) is 2. The monoisotopic (exact) mass is 279 g/mol. The lowest BCUT2D eigenvalue weighted by molar-refractivity contribution is 0.590. The zero-order valence-electron chi connectivity index (χ0n) is 8.96. The maximum Gasteiger partial charge on any atom is 0.0624 e. The third-order valence-corrected chi connectivity index (χ3v) is 3.57. The van der Waals surface area contributed by atoms with Gasteiger partial charge in [-0.05, 0) is 18.2 Å². The molecule has 0 unspecified atom stereocenters. The summed E-state index contributed by atoms with van der Waals surface area (Å²) in [6, 6.07) is 6.40. The van der Waals surface area contributed by atoms with Crippen LogP contribution in [0.1, 0.15) is 0 Å². The van der Waals surface area contributed by atoms with E-state index in [0.717, 1.165) is 30.7 Å². The minimum Gasteiger partial charge on any atom is -0.367 e. The molecule has 3 nitrogen and oxygen atoms in total. The molecular weight excluding hydrogens is 266 g/mol. The second kappa shape index (κ2) is 4.11. The molecule has 2 N–H and O–H groups in total. The predicted octanol–water partition coefficient (Wildman–Crippen LogP) is 2.34. The van der Waals surface area contributed by atoms with Gasteiger partial charge in [-0.2, -0.15) is 0 Å². The number of benzene rings is 1. The Morgan fingerprint density at radius 3 is 2.81 bits per heavy atom. The molecule has 84 valence electrons. The van der Waals surface area contributed by atoms with Gasteiger partial charge in [0.25, 0.3) is 0 Å². The Balaban J connectivity index is 2.03. The van der Waals surface area contributed by atoms with Crippen LogP contribution in [0.15, 0.2) is 28.9 Å². The Hall–Kier alpha value is -1.00. The molecule has 3 rings (SSSR count). The van der Waals surface area contributed by atoms with Gasteiger partial charge in [-0.25, -0.2) is 0 Å². The molecule has 1 aliphatic rings. The zero-order valence-corrected chi connectivity index (χ0v) is 10.5. The highest BCUT2D eigenvalue weighted by molar-refractivity contribution is 9.10. The lowest BCUT2D eigenvalue weighted by atomic mass is 10.2. The Labute approximate surface area is 103 Å². The quantitative estimate of drug-likeness (QED) is 0.840. The van der Waals surface area contributed by atoms with Gasteiger partial charge in [0.05, 0.1) is 5.69 Å². The molecule has 0 spiro atoms. The molecule has 1 aromatic heterocycles. The maximum atomic E-state index is 3.49. The van der Waals surface area contributed by atoms with Crippen molar-refractivity contribution in [3.8, 4) is 0 Å². The maximum absolute atomic E-state index is 3.49. The van der Waals surface area contributed by atoms with Crippen molar-refractivity contribution < 1.29 is 0 Å². The van der Waals surface area contributed by atoms with Gasteiger partial charge in [-0.3, -0.25) is 0 Å². The summed E-state index contributed by atoms with van der Waals surface area (Å²) in [7, 11) is 0. The Morgan fingerprint density at radius 2 is 2.00 bits per heavy atom. The van der Waals surface area contributed by atoms with Gasteiger partial charge >= 0.3 is 0 Å². The van der Waals surface area contributed by atoms with Crippen LogP contribution in [-0.4, -0.2) is 31.2 Å². The molecule has 0 amide bonds. The summed E-state index contributed by atoms with van der Waals surface area (Å²) in [6.07, 6.45) is 2.11. The first-order chi connectivity index (χ1) is 7.84. The summed E-state index contributed by atoms with van der Waals surface area (Å²) in [5, 5.41) is 4.68. The molecule has 16 heavy (non-hydrogen) atoms. The van der Waals surface area contributed by atoms with Crippen molar-refractivity contribution in [2.45, 2.75) is 0 Å². The molecule has 0 radical (unpaired) electrons. The first kappa shape index (κ1) is 10.2. The largest absolute Gasteiger partial charge is 0.367 e. The molecule has 2 aromatic rings. The van der Waals surface area contributed by atoms with Crippen LogP contribution in [0.5, 0.6) is 0 Å². The third kappa shape index (κ3) is 1.72. The number of hydrogen-bond donors (Lipinski definition) is 2. The molecule has 0 saturated carbocycles. The van der Waals surface area contributed by atoms with E-state index in [0.29, 0.717) is 0 Å². The van der Waals surface area contributed by atoms with Crippen molar-refractivity contribution in [3.05, 3.63) is 28.9 Å². The van der Waals surface area contributed by atoms with Gasteiger partial charge in [0.1, 0.15) is 0 Å². The van der Waals surface area contributed by atoms with Crippen LogP contribution in [0.2, 0.25) is 0 Å². The molecule has 1 saturated heterocycles. The third-order valence-electron chi connectivity index (χ3n) is 3.08. The summed E-state index contributed by atoms with van der Waals surface area (Å²) in [5.41, 5.74) is 2.52. The minimum absolute atomic E-state index is 1.07. The van der Waals surface area contributed by atoms with Gasteiger partial charge in [0, 0.05) is 47.8 Å². The highest BCUT2D eigenvalue weighted by Crippen LogP contribution is 2.28. The number of fused-ring (bicyclic) bond motifs is 1. The van der Waals surface area contributed by atoms with Gasteiger partial charge in [0.2, 0.25) is 0 Å². The van der Waals surface area contributed by atoms with Crippen LogP contribution < -0.4 is 10.2 Å². The fourth-order valence-corrected chi connectivity index (χ4v) is 2.61. The number of aromatic amines is 1. The van der Waals surface area contributed by atoms with Crippen molar-refractivity contribution in [1.29, 1.82) is 0 Å². The van der Waals surface area contributed by atoms with E-state index in [9.17, 15) is 0 Å². The molecule has 1 aliphatic heterocycles. The van der Waals surface area contributed by atoms with E-state index < -0.39 is 0 Å². The second-order valence-corrected chi connectivity index (χ2v) is 5.02. The first-order valence-electron chi connectivity index (χ1n) is 5.57. The minimum atomic E-state index is 1.07. The van der Waals surface area contributed by atoms with Crippen molar-refractivity contribution in [3.63, 3.8) is 0 Å². The van der Waals surface area contributed by atoms with Crippen molar-refractivity contribution in [1.82, 2.24) is 10.3 Å². The Kier molecular flexibility index (Phi) is 2.61. The lowest BCUT2D eigenvalue weighted by Crippen LogP contribution is -2.43. The van der Waals surface area contributed by atoms with Gasteiger partial charge in [-0.15, -0.1) is 0 Å². The number of hydrogen-bond acceptors (Lipinski definition) is 2. The molecular formula is C12H14BrN3. The van der Waals surface area contributed by atoms with E-state index >= 15 is 0 Å². The van der Waals surface area contributed by atoms with E-state index in [1.54, 1.807) is 0 Å². The van der Waals surface area contributed by atoms with Crippen LogP contribution in [0.25, 0.3) is 10.9 Å². The van der Waals surface area contributed by atoms with Crippen LogP contribution in [0.4, 0.5) is 5.69 Å². The molecule has 0 bridgehead atoms. The topological polar surface area (TPSA) is 31.1 Å². The molecule has 1 fully saturated rings. The van der Waals surface area contributed by atoms with E-state index in [4.69, 9.17) is 0 Å². The van der Waals surface area contributed by atoms with Crippen LogP contribution in [-0.2, 0) is 0 Å². The predicted molar refractivity (Wildman–Crippen MR) is 71.1 cm³/mol. The van der Waals surface area contributed by atoms with Gasteiger partial charge < -0.3 is 15.2 Å². The highest BCUT2D eigenvalue weighted by Gasteiger charge is 2.14. The molecule has 4 heteroatoms. The Bertz CT molecular complexity index is 500. The molecule has 0 atom stereocenters. The normalized spacial score (nSPS) is 16.9. The highest BCUT2D eigenvalue weighted by atomic mass is 79.9. The average Bonchev–Trinajstić information content (AvgIpc) is 2.73. The second-order valence-electron chi connectivity index (χ2n) is 4.10. The van der Waals surface area contributed by atoms with Crippen molar-refractivity contribution in [2.75, 3.05) is 31.1 Å². The van der Waals surface area contributed by atoms with Crippen LogP contribution in [0, 0.1) is 0 Å². The van der Waals surface area contributed by atoms with E-state index in [1.165, 1.54) is 16.6 Å². The number of H-pyrrole nitrogens is 1. The van der Waals surface area contributed by atoms with Crippen molar-refractivity contribution >= 4 is 32.5 Å². The summed E-state index contributed by atoms with van der Waals surface area (Å²) in [5.74, 6) is 0. The summed E-state index contributed by atoms with van der Waals surface area (Å²) in [4.78, 5) is 5.77. The van der Waals surface area contributed by atoms with Crippen LogP contribution >= 0.6 is 15.9 Å². The van der Waals surface area contributed by atoms with E-state index in [1.807, 2.05) is 0 Å². The Morgan fingerprint density at radius 1 is 1.19 bits per heavy atom. The van der Waals surface area contributed by atoms with Crippen LogP contribution in [0.3, 0.4) is 0 Å². The van der Waals surface area contributed by atoms with E-state index in [-0.39, 0.29) is 0 Å². The number of anilines is 1. The number of piperazine rings is 1. The van der Waals surface area contributed by atoms with E-state index in [2.05, 4.69) is 55.5 Å². The first-order valence-corrected chi connectivity index (χ1v) is 6.36.